The van der Waals surface area contributed by atoms with Gasteiger partial charge in [0.25, 0.3) is 0 Å². The van der Waals surface area contributed by atoms with Crippen molar-refractivity contribution in [3.05, 3.63) is 53.0 Å². The number of anilines is 1. The van der Waals surface area contributed by atoms with Gasteiger partial charge in [0, 0.05) is 11.8 Å². The third-order valence-corrected chi connectivity index (χ3v) is 8.48. The molecule has 1 aromatic heterocycles. The highest BCUT2D eigenvalue weighted by atomic mass is 19.1. The highest BCUT2D eigenvalue weighted by molar-refractivity contribution is 5.93. The third kappa shape index (κ3) is 3.91. The molecule has 0 radical (unpaired) electrons. The largest absolute Gasteiger partial charge is 0.411 e. The van der Waals surface area contributed by atoms with E-state index in [0.29, 0.717) is 30.0 Å². The van der Waals surface area contributed by atoms with Crippen molar-refractivity contribution in [3.8, 4) is 0 Å². The first-order valence-electron chi connectivity index (χ1n) is 12.0. The van der Waals surface area contributed by atoms with Crippen LogP contribution in [0.25, 0.3) is 0 Å². The Bertz CT molecular complexity index is 1100. The number of hydrogen-bond acceptors (Lipinski definition) is 5. The first-order valence-corrected chi connectivity index (χ1v) is 12.0. The van der Waals surface area contributed by atoms with Crippen LogP contribution < -0.4 is 5.32 Å². The van der Waals surface area contributed by atoms with Crippen LogP contribution in [0.2, 0.25) is 0 Å². The number of carbonyl (C=O) groups excluding carboxylic acids is 1. The number of benzene rings is 1. The second-order valence-corrected chi connectivity index (χ2v) is 10.3. The van der Waals surface area contributed by atoms with E-state index in [2.05, 4.69) is 27.6 Å². The fraction of sp³-hybridized carbons (Fsp3) is 0.538. The number of nitrogens with zero attached hydrogens (tertiary/aromatic N) is 3. The molecule has 0 aliphatic heterocycles. The average Bonchev–Trinajstić information content (AvgIpc) is 3.09. The standard InChI is InChI=1S/C26H31FN4O2/c1-15-11-23(30-28-14-15)29-24(32)8-4-17-13-22(31-33)26(2)10-9-20-19-7-5-18(27)12-16(19)3-6-21(20)25(17)26/h5,7,11-12,14,17,20-21,25,33H,3-4,6,8-10,13H2,1-2H3,(H,29,30,32)/b31-22+/t17-,20?,21?,25?,26-/m1/s1. The van der Waals surface area contributed by atoms with Gasteiger partial charge in [-0.2, -0.15) is 5.10 Å². The Morgan fingerprint density at radius 3 is 2.97 bits per heavy atom. The number of halogens is 1. The van der Waals surface area contributed by atoms with Crippen molar-refractivity contribution in [3.63, 3.8) is 0 Å². The Morgan fingerprint density at radius 1 is 1.33 bits per heavy atom. The van der Waals surface area contributed by atoms with Gasteiger partial charge in [-0.1, -0.05) is 18.1 Å². The second kappa shape index (κ2) is 8.50. The summed E-state index contributed by atoms with van der Waals surface area (Å²) < 4.78 is 13.8. The van der Waals surface area contributed by atoms with E-state index in [0.717, 1.165) is 55.4 Å². The summed E-state index contributed by atoms with van der Waals surface area (Å²) in [6.45, 7) is 4.15. The van der Waals surface area contributed by atoms with Gasteiger partial charge in [0.05, 0.1) is 11.9 Å². The predicted molar refractivity (Wildman–Crippen MR) is 124 cm³/mol. The lowest BCUT2D eigenvalue weighted by molar-refractivity contribution is -0.116. The van der Waals surface area contributed by atoms with Crippen LogP contribution in [0.3, 0.4) is 0 Å². The molecule has 1 aromatic carbocycles. The first kappa shape index (κ1) is 22.0. The molecular weight excluding hydrogens is 419 g/mol. The predicted octanol–water partition coefficient (Wildman–Crippen LogP) is 5.26. The van der Waals surface area contributed by atoms with Crippen molar-refractivity contribution >= 4 is 17.4 Å². The van der Waals surface area contributed by atoms with Crippen LogP contribution in [0.15, 0.2) is 35.6 Å². The number of hydrogen-bond donors (Lipinski definition) is 2. The quantitative estimate of drug-likeness (QED) is 0.492. The summed E-state index contributed by atoms with van der Waals surface area (Å²) >= 11 is 0. The molecule has 0 saturated heterocycles. The van der Waals surface area contributed by atoms with E-state index in [4.69, 9.17) is 0 Å². The van der Waals surface area contributed by atoms with Gasteiger partial charge in [-0.3, -0.25) is 4.79 Å². The summed E-state index contributed by atoms with van der Waals surface area (Å²) in [5.74, 6) is 1.74. The average molecular weight is 451 g/mol. The van der Waals surface area contributed by atoms with Crippen molar-refractivity contribution in [2.45, 2.75) is 64.7 Å². The maximum atomic E-state index is 13.8. The second-order valence-electron chi connectivity index (χ2n) is 10.3. The molecule has 0 spiro atoms. The van der Waals surface area contributed by atoms with Gasteiger partial charge < -0.3 is 10.5 Å². The Labute approximate surface area is 193 Å². The molecule has 2 aromatic rings. The molecule has 3 aliphatic rings. The molecule has 3 aliphatic carbocycles. The molecule has 1 heterocycles. The number of aromatic nitrogens is 2. The van der Waals surface area contributed by atoms with Crippen molar-refractivity contribution < 1.29 is 14.4 Å². The van der Waals surface area contributed by atoms with Crippen LogP contribution in [0, 0.1) is 35.9 Å². The van der Waals surface area contributed by atoms with Crippen molar-refractivity contribution in [2.75, 3.05) is 5.32 Å². The lowest BCUT2D eigenvalue weighted by Gasteiger charge is -2.50. The van der Waals surface area contributed by atoms with E-state index in [9.17, 15) is 14.4 Å². The summed E-state index contributed by atoms with van der Waals surface area (Å²) in [5.41, 5.74) is 4.12. The molecular formula is C26H31FN4O2. The number of amides is 1. The Balaban J connectivity index is 1.35. The van der Waals surface area contributed by atoms with Crippen LogP contribution in [-0.4, -0.2) is 27.0 Å². The molecule has 5 atom stereocenters. The minimum atomic E-state index is -0.161. The fourth-order valence-corrected chi connectivity index (χ4v) is 7.10. The summed E-state index contributed by atoms with van der Waals surface area (Å²) in [6.07, 6.45) is 7.39. The van der Waals surface area contributed by atoms with E-state index in [1.807, 2.05) is 19.1 Å². The smallest absolute Gasteiger partial charge is 0.225 e. The zero-order valence-corrected chi connectivity index (χ0v) is 19.2. The SMILES string of the molecule is Cc1cnnc(NC(=O)CC[C@@H]2C/C(=N\O)[C@@]3(C)CCC4c5ccc(F)cc5CCC4C23)c1. The number of oxime groups is 1. The number of nitrogens with one attached hydrogen (secondary N) is 1. The van der Waals surface area contributed by atoms with Gasteiger partial charge in [0.1, 0.15) is 5.82 Å². The van der Waals surface area contributed by atoms with E-state index >= 15 is 0 Å². The normalized spacial score (nSPS) is 31.5. The molecule has 2 N–H and O–H groups in total. The van der Waals surface area contributed by atoms with Crippen molar-refractivity contribution in [2.24, 2.45) is 28.3 Å². The number of aryl methyl sites for hydroxylation is 2. The van der Waals surface area contributed by atoms with Gasteiger partial charge in [-0.15, -0.1) is 5.10 Å². The van der Waals surface area contributed by atoms with Gasteiger partial charge >= 0.3 is 0 Å². The lowest BCUT2D eigenvalue weighted by atomic mass is 9.54. The van der Waals surface area contributed by atoms with Crippen LogP contribution in [-0.2, 0) is 11.2 Å². The summed E-state index contributed by atoms with van der Waals surface area (Å²) in [6, 6.07) is 7.07. The zero-order valence-electron chi connectivity index (χ0n) is 19.2. The molecule has 33 heavy (non-hydrogen) atoms. The van der Waals surface area contributed by atoms with Crippen LogP contribution in [0.5, 0.6) is 0 Å². The van der Waals surface area contributed by atoms with E-state index in [1.165, 1.54) is 5.56 Å². The van der Waals surface area contributed by atoms with Crippen LogP contribution >= 0.6 is 0 Å². The topological polar surface area (TPSA) is 87.5 Å². The van der Waals surface area contributed by atoms with Crippen LogP contribution in [0.1, 0.15) is 68.1 Å². The molecule has 2 fully saturated rings. The van der Waals surface area contributed by atoms with Crippen molar-refractivity contribution in [1.29, 1.82) is 0 Å². The van der Waals surface area contributed by atoms with E-state index in [-0.39, 0.29) is 23.1 Å². The number of carbonyl (C=O) groups is 1. The van der Waals surface area contributed by atoms with E-state index in [1.54, 1.807) is 18.3 Å². The first-order chi connectivity index (χ1) is 15.9. The Hall–Kier alpha value is -2.83. The molecule has 5 rings (SSSR count). The van der Waals surface area contributed by atoms with Gasteiger partial charge in [0.2, 0.25) is 5.91 Å². The molecule has 7 heteroatoms. The zero-order chi connectivity index (χ0) is 23.2. The Morgan fingerprint density at radius 2 is 2.18 bits per heavy atom. The molecule has 1 amide bonds. The molecule has 2 saturated carbocycles. The van der Waals surface area contributed by atoms with E-state index < -0.39 is 0 Å². The number of rotatable bonds is 4. The molecule has 3 unspecified atom stereocenters. The maximum absolute atomic E-state index is 13.8. The highest BCUT2D eigenvalue weighted by Gasteiger charge is 2.57. The molecule has 6 nitrogen and oxygen atoms in total. The maximum Gasteiger partial charge on any atom is 0.225 e. The monoisotopic (exact) mass is 450 g/mol. The van der Waals surface area contributed by atoms with Gasteiger partial charge in [-0.25, -0.2) is 4.39 Å². The summed E-state index contributed by atoms with van der Waals surface area (Å²) in [5, 5.41) is 24.3. The van der Waals surface area contributed by atoms with Crippen LogP contribution in [0.4, 0.5) is 10.2 Å². The molecule has 0 bridgehead atoms. The minimum Gasteiger partial charge on any atom is -0.411 e. The molecule has 174 valence electrons. The van der Waals surface area contributed by atoms with Gasteiger partial charge in [-0.05, 0) is 104 Å². The highest BCUT2D eigenvalue weighted by Crippen LogP contribution is 2.62. The number of fused-ring (bicyclic) bond motifs is 5. The van der Waals surface area contributed by atoms with Gasteiger partial charge in [0.15, 0.2) is 5.82 Å². The minimum absolute atomic E-state index is 0.0668. The Kier molecular flexibility index (Phi) is 5.67. The lowest BCUT2D eigenvalue weighted by Crippen LogP contribution is -2.44. The summed E-state index contributed by atoms with van der Waals surface area (Å²) in [7, 11) is 0. The van der Waals surface area contributed by atoms with Crippen molar-refractivity contribution in [1.82, 2.24) is 10.2 Å². The summed E-state index contributed by atoms with van der Waals surface area (Å²) in [4.78, 5) is 12.7. The third-order valence-electron chi connectivity index (χ3n) is 8.48. The fourth-order valence-electron chi connectivity index (χ4n) is 7.10.